The Bertz CT molecular complexity index is 443. The molecule has 0 aliphatic carbocycles. The fourth-order valence-electron chi connectivity index (χ4n) is 2.07. The van der Waals surface area contributed by atoms with E-state index in [-0.39, 0.29) is 11.5 Å². The van der Waals surface area contributed by atoms with Crippen molar-refractivity contribution < 1.29 is 19.3 Å². The standard InChI is InChI=1S/C16H27NO4/c1-16(2,3)14(17)9-11(18)15-12(20-5)7-10(19-4)8-13(15)21-6/h7-8,11,14,18H,9,17H2,1-6H3/t11-,14+/m1/s1. The Kier molecular flexibility index (Phi) is 5.87. The summed E-state index contributed by atoms with van der Waals surface area (Å²) >= 11 is 0. The van der Waals surface area contributed by atoms with Crippen molar-refractivity contribution in [1.82, 2.24) is 0 Å². The molecule has 1 aromatic carbocycles. The minimum Gasteiger partial charge on any atom is -0.496 e. The summed E-state index contributed by atoms with van der Waals surface area (Å²) < 4.78 is 15.9. The molecule has 0 radical (unpaired) electrons. The summed E-state index contributed by atoms with van der Waals surface area (Å²) in [5, 5.41) is 10.6. The van der Waals surface area contributed by atoms with Gasteiger partial charge in [-0.15, -0.1) is 0 Å². The molecule has 0 spiro atoms. The summed E-state index contributed by atoms with van der Waals surface area (Å²) in [5.74, 6) is 1.67. The molecule has 2 atom stereocenters. The molecule has 0 saturated carbocycles. The Labute approximate surface area is 127 Å². The fraction of sp³-hybridized carbons (Fsp3) is 0.625. The van der Waals surface area contributed by atoms with Gasteiger partial charge in [-0.1, -0.05) is 20.8 Å². The smallest absolute Gasteiger partial charge is 0.132 e. The molecular weight excluding hydrogens is 270 g/mol. The number of methoxy groups -OCH3 is 3. The highest BCUT2D eigenvalue weighted by Crippen LogP contribution is 2.40. The molecule has 0 unspecified atom stereocenters. The highest BCUT2D eigenvalue weighted by atomic mass is 16.5. The molecular formula is C16H27NO4. The Morgan fingerprint density at radius 3 is 1.86 bits per heavy atom. The Hall–Kier alpha value is -1.46. The zero-order valence-corrected chi connectivity index (χ0v) is 13.8. The van der Waals surface area contributed by atoms with Gasteiger partial charge in [0.15, 0.2) is 0 Å². The zero-order valence-electron chi connectivity index (χ0n) is 13.8. The molecule has 120 valence electrons. The number of aliphatic hydroxyl groups is 1. The van der Waals surface area contributed by atoms with Gasteiger partial charge in [0.2, 0.25) is 0 Å². The highest BCUT2D eigenvalue weighted by Gasteiger charge is 2.27. The number of hydrogen-bond donors (Lipinski definition) is 2. The molecule has 1 aromatic rings. The molecule has 0 aromatic heterocycles. The van der Waals surface area contributed by atoms with E-state index in [0.29, 0.717) is 29.2 Å². The lowest BCUT2D eigenvalue weighted by Gasteiger charge is -2.29. The molecule has 0 fully saturated rings. The van der Waals surface area contributed by atoms with Gasteiger partial charge in [-0.25, -0.2) is 0 Å². The maximum Gasteiger partial charge on any atom is 0.132 e. The van der Waals surface area contributed by atoms with Gasteiger partial charge in [0.05, 0.1) is 33.0 Å². The van der Waals surface area contributed by atoms with Crippen molar-refractivity contribution in [1.29, 1.82) is 0 Å². The van der Waals surface area contributed by atoms with Gasteiger partial charge in [-0.2, -0.15) is 0 Å². The second-order valence-corrected chi connectivity index (χ2v) is 6.17. The van der Waals surface area contributed by atoms with Gasteiger partial charge >= 0.3 is 0 Å². The topological polar surface area (TPSA) is 73.9 Å². The van der Waals surface area contributed by atoms with Gasteiger partial charge in [-0.05, 0) is 11.8 Å². The first kappa shape index (κ1) is 17.6. The third kappa shape index (κ3) is 4.25. The second-order valence-electron chi connectivity index (χ2n) is 6.17. The van der Waals surface area contributed by atoms with Crippen LogP contribution in [-0.2, 0) is 0 Å². The second kappa shape index (κ2) is 7.00. The van der Waals surface area contributed by atoms with E-state index >= 15 is 0 Å². The molecule has 0 aliphatic rings. The van der Waals surface area contributed by atoms with Crippen molar-refractivity contribution in [2.45, 2.75) is 39.3 Å². The lowest BCUT2D eigenvalue weighted by Crippen LogP contribution is -2.36. The van der Waals surface area contributed by atoms with Crippen molar-refractivity contribution >= 4 is 0 Å². The highest BCUT2D eigenvalue weighted by molar-refractivity contribution is 5.51. The third-order valence-corrected chi connectivity index (χ3v) is 3.68. The summed E-state index contributed by atoms with van der Waals surface area (Å²) in [7, 11) is 4.67. The van der Waals surface area contributed by atoms with Crippen LogP contribution in [0.4, 0.5) is 0 Å². The zero-order chi connectivity index (χ0) is 16.2. The molecule has 0 bridgehead atoms. The van der Waals surface area contributed by atoms with Crippen LogP contribution < -0.4 is 19.9 Å². The van der Waals surface area contributed by atoms with Crippen LogP contribution in [0.5, 0.6) is 17.2 Å². The number of hydrogen-bond acceptors (Lipinski definition) is 5. The van der Waals surface area contributed by atoms with Gasteiger partial charge in [0.1, 0.15) is 17.2 Å². The molecule has 5 heteroatoms. The van der Waals surface area contributed by atoms with Crippen LogP contribution in [0, 0.1) is 5.41 Å². The summed E-state index contributed by atoms with van der Waals surface area (Å²) in [6.07, 6.45) is -0.349. The normalized spacial score (nSPS) is 14.5. The number of aliphatic hydroxyl groups excluding tert-OH is 1. The lowest BCUT2D eigenvalue weighted by molar-refractivity contribution is 0.127. The van der Waals surface area contributed by atoms with E-state index in [0.717, 1.165) is 0 Å². The minimum atomic E-state index is -0.768. The minimum absolute atomic E-state index is 0.0894. The number of benzene rings is 1. The monoisotopic (exact) mass is 297 g/mol. The summed E-state index contributed by atoms with van der Waals surface area (Å²) in [5.41, 5.74) is 6.67. The fourth-order valence-corrected chi connectivity index (χ4v) is 2.07. The molecule has 1 rings (SSSR count). The Balaban J connectivity index is 3.15. The van der Waals surface area contributed by atoms with E-state index in [1.807, 2.05) is 20.8 Å². The quantitative estimate of drug-likeness (QED) is 0.844. The van der Waals surface area contributed by atoms with Crippen LogP contribution in [0.15, 0.2) is 12.1 Å². The van der Waals surface area contributed by atoms with E-state index in [4.69, 9.17) is 19.9 Å². The van der Waals surface area contributed by atoms with E-state index < -0.39 is 6.10 Å². The summed E-state index contributed by atoms with van der Waals surface area (Å²) in [6, 6.07) is 3.30. The van der Waals surface area contributed by atoms with Crippen molar-refractivity contribution in [3.63, 3.8) is 0 Å². The number of rotatable bonds is 6. The molecule has 0 saturated heterocycles. The van der Waals surface area contributed by atoms with E-state index in [2.05, 4.69) is 0 Å². The maximum atomic E-state index is 10.6. The molecule has 5 nitrogen and oxygen atoms in total. The molecule has 0 heterocycles. The average Bonchev–Trinajstić information content (AvgIpc) is 2.44. The van der Waals surface area contributed by atoms with Gasteiger partial charge in [0, 0.05) is 18.2 Å². The van der Waals surface area contributed by atoms with E-state index in [9.17, 15) is 5.11 Å². The maximum absolute atomic E-state index is 10.6. The van der Waals surface area contributed by atoms with Crippen LogP contribution in [-0.4, -0.2) is 32.5 Å². The first-order valence-electron chi connectivity index (χ1n) is 6.98. The number of nitrogens with two attached hydrogens (primary N) is 1. The van der Waals surface area contributed by atoms with Gasteiger partial charge in [0.25, 0.3) is 0 Å². The largest absolute Gasteiger partial charge is 0.496 e. The van der Waals surface area contributed by atoms with Crippen LogP contribution in [0.25, 0.3) is 0 Å². The molecule has 21 heavy (non-hydrogen) atoms. The SMILES string of the molecule is COc1cc(OC)c([C@H](O)C[C@H](N)C(C)(C)C)c(OC)c1. The lowest BCUT2D eigenvalue weighted by atomic mass is 9.83. The number of ether oxygens (including phenoxy) is 3. The first-order chi connectivity index (χ1) is 9.74. The van der Waals surface area contributed by atoms with Crippen LogP contribution >= 0.6 is 0 Å². The van der Waals surface area contributed by atoms with E-state index in [1.165, 1.54) is 0 Å². The Morgan fingerprint density at radius 1 is 1.05 bits per heavy atom. The molecule has 0 aliphatic heterocycles. The van der Waals surface area contributed by atoms with Crippen LogP contribution in [0.2, 0.25) is 0 Å². The predicted octanol–water partition coefficient (Wildman–Crippen LogP) is 2.51. The summed E-state index contributed by atoms with van der Waals surface area (Å²) in [6.45, 7) is 6.15. The van der Waals surface area contributed by atoms with E-state index in [1.54, 1.807) is 33.5 Å². The molecule has 3 N–H and O–H groups in total. The van der Waals surface area contributed by atoms with Gasteiger partial charge in [-0.3, -0.25) is 0 Å². The third-order valence-electron chi connectivity index (χ3n) is 3.68. The van der Waals surface area contributed by atoms with Crippen molar-refractivity contribution in [2.24, 2.45) is 11.1 Å². The van der Waals surface area contributed by atoms with Crippen molar-refractivity contribution in [3.05, 3.63) is 17.7 Å². The van der Waals surface area contributed by atoms with Crippen LogP contribution in [0.1, 0.15) is 38.9 Å². The Morgan fingerprint density at radius 2 is 1.52 bits per heavy atom. The summed E-state index contributed by atoms with van der Waals surface area (Å²) in [4.78, 5) is 0. The molecule has 0 amide bonds. The predicted molar refractivity (Wildman–Crippen MR) is 83.1 cm³/mol. The first-order valence-corrected chi connectivity index (χ1v) is 6.98. The van der Waals surface area contributed by atoms with Crippen LogP contribution in [0.3, 0.4) is 0 Å². The van der Waals surface area contributed by atoms with Crippen molar-refractivity contribution in [3.8, 4) is 17.2 Å². The van der Waals surface area contributed by atoms with Crippen molar-refractivity contribution in [2.75, 3.05) is 21.3 Å². The average molecular weight is 297 g/mol. The van der Waals surface area contributed by atoms with Gasteiger partial charge < -0.3 is 25.1 Å².